The zero-order valence-corrected chi connectivity index (χ0v) is 10.5. The standard InChI is InChI=1S/C13H18N4/c1-9(2)13-15-10(3)16-17(13)12-6-4-5-11(7-12)8-14/h4-7,9H,8,14H2,1-3H3. The Labute approximate surface area is 101 Å². The second kappa shape index (κ2) is 4.67. The number of benzene rings is 1. The molecule has 2 aromatic rings. The van der Waals surface area contributed by atoms with Gasteiger partial charge in [-0.2, -0.15) is 5.10 Å². The van der Waals surface area contributed by atoms with Gasteiger partial charge in [0.05, 0.1) is 5.69 Å². The summed E-state index contributed by atoms with van der Waals surface area (Å²) in [7, 11) is 0. The van der Waals surface area contributed by atoms with Crippen LogP contribution in [0.3, 0.4) is 0 Å². The van der Waals surface area contributed by atoms with Crippen molar-refractivity contribution in [2.75, 3.05) is 0 Å². The quantitative estimate of drug-likeness (QED) is 0.879. The van der Waals surface area contributed by atoms with Gasteiger partial charge in [-0.05, 0) is 24.6 Å². The molecule has 2 N–H and O–H groups in total. The zero-order valence-electron chi connectivity index (χ0n) is 10.5. The van der Waals surface area contributed by atoms with E-state index in [-0.39, 0.29) is 0 Å². The number of hydrogen-bond acceptors (Lipinski definition) is 3. The maximum atomic E-state index is 5.65. The lowest BCUT2D eigenvalue weighted by atomic mass is 10.2. The van der Waals surface area contributed by atoms with Crippen molar-refractivity contribution in [2.45, 2.75) is 33.2 Å². The molecule has 0 saturated carbocycles. The smallest absolute Gasteiger partial charge is 0.148 e. The summed E-state index contributed by atoms with van der Waals surface area (Å²) in [5.41, 5.74) is 7.78. The summed E-state index contributed by atoms with van der Waals surface area (Å²) < 4.78 is 1.90. The fourth-order valence-electron chi connectivity index (χ4n) is 1.81. The van der Waals surface area contributed by atoms with E-state index in [1.807, 2.05) is 29.8 Å². The summed E-state index contributed by atoms with van der Waals surface area (Å²) in [6, 6.07) is 8.10. The third kappa shape index (κ3) is 2.36. The largest absolute Gasteiger partial charge is 0.326 e. The normalized spacial score (nSPS) is 11.1. The van der Waals surface area contributed by atoms with Crippen LogP contribution in [0.1, 0.15) is 37.0 Å². The molecule has 4 heteroatoms. The van der Waals surface area contributed by atoms with Crippen LogP contribution in [0.4, 0.5) is 0 Å². The van der Waals surface area contributed by atoms with Crippen LogP contribution in [-0.4, -0.2) is 14.8 Å². The topological polar surface area (TPSA) is 56.7 Å². The maximum Gasteiger partial charge on any atom is 0.148 e. The van der Waals surface area contributed by atoms with E-state index >= 15 is 0 Å². The molecule has 0 radical (unpaired) electrons. The third-order valence-corrected chi connectivity index (χ3v) is 2.65. The van der Waals surface area contributed by atoms with Crippen molar-refractivity contribution in [2.24, 2.45) is 5.73 Å². The van der Waals surface area contributed by atoms with Crippen molar-refractivity contribution in [3.8, 4) is 5.69 Å². The van der Waals surface area contributed by atoms with Crippen molar-refractivity contribution in [3.63, 3.8) is 0 Å². The van der Waals surface area contributed by atoms with Crippen molar-refractivity contribution in [1.29, 1.82) is 0 Å². The first-order valence-electron chi connectivity index (χ1n) is 5.84. The molecule has 1 aromatic carbocycles. The zero-order chi connectivity index (χ0) is 12.4. The second-order valence-electron chi connectivity index (χ2n) is 4.46. The molecular formula is C13H18N4. The van der Waals surface area contributed by atoms with E-state index in [2.05, 4.69) is 30.0 Å². The highest BCUT2D eigenvalue weighted by Gasteiger charge is 2.12. The van der Waals surface area contributed by atoms with E-state index in [0.29, 0.717) is 12.5 Å². The lowest BCUT2D eigenvalue weighted by Gasteiger charge is -2.09. The number of aryl methyl sites for hydroxylation is 1. The minimum Gasteiger partial charge on any atom is -0.326 e. The number of nitrogens with two attached hydrogens (primary N) is 1. The molecule has 0 aliphatic carbocycles. The first-order valence-corrected chi connectivity index (χ1v) is 5.84. The van der Waals surface area contributed by atoms with Crippen molar-refractivity contribution in [3.05, 3.63) is 41.5 Å². The van der Waals surface area contributed by atoms with E-state index < -0.39 is 0 Å². The Kier molecular flexibility index (Phi) is 3.24. The second-order valence-corrected chi connectivity index (χ2v) is 4.46. The number of nitrogens with zero attached hydrogens (tertiary/aromatic N) is 3. The molecule has 1 aromatic heterocycles. The van der Waals surface area contributed by atoms with Crippen LogP contribution in [-0.2, 0) is 6.54 Å². The van der Waals surface area contributed by atoms with Crippen LogP contribution >= 0.6 is 0 Å². The third-order valence-electron chi connectivity index (χ3n) is 2.65. The monoisotopic (exact) mass is 230 g/mol. The minimum absolute atomic E-state index is 0.345. The molecule has 0 aliphatic heterocycles. The lowest BCUT2D eigenvalue weighted by molar-refractivity contribution is 0.713. The Morgan fingerprint density at radius 3 is 2.76 bits per heavy atom. The van der Waals surface area contributed by atoms with Crippen LogP contribution < -0.4 is 5.73 Å². The molecule has 0 fully saturated rings. The molecule has 0 saturated heterocycles. The molecule has 0 aliphatic rings. The highest BCUT2D eigenvalue weighted by Crippen LogP contribution is 2.17. The van der Waals surface area contributed by atoms with Gasteiger partial charge in [0.15, 0.2) is 0 Å². The predicted molar refractivity (Wildman–Crippen MR) is 68.1 cm³/mol. The number of aromatic nitrogens is 3. The highest BCUT2D eigenvalue weighted by atomic mass is 15.3. The van der Waals surface area contributed by atoms with Crippen LogP contribution in [0.2, 0.25) is 0 Å². The van der Waals surface area contributed by atoms with Gasteiger partial charge in [-0.25, -0.2) is 9.67 Å². The van der Waals surface area contributed by atoms with Crippen LogP contribution in [0.5, 0.6) is 0 Å². The molecule has 2 rings (SSSR count). The summed E-state index contributed by atoms with van der Waals surface area (Å²) in [5.74, 6) is 2.13. The Morgan fingerprint density at radius 2 is 2.12 bits per heavy atom. The lowest BCUT2D eigenvalue weighted by Crippen LogP contribution is -2.06. The summed E-state index contributed by atoms with van der Waals surface area (Å²) in [6.45, 7) is 6.69. The molecule has 90 valence electrons. The van der Waals surface area contributed by atoms with Crippen molar-refractivity contribution < 1.29 is 0 Å². The van der Waals surface area contributed by atoms with Crippen molar-refractivity contribution in [1.82, 2.24) is 14.8 Å². The van der Waals surface area contributed by atoms with Gasteiger partial charge in [0, 0.05) is 12.5 Å². The van der Waals surface area contributed by atoms with Gasteiger partial charge < -0.3 is 5.73 Å². The molecule has 0 unspecified atom stereocenters. The fraction of sp³-hybridized carbons (Fsp3) is 0.385. The van der Waals surface area contributed by atoms with Gasteiger partial charge in [-0.15, -0.1) is 0 Å². The van der Waals surface area contributed by atoms with E-state index in [1.165, 1.54) is 0 Å². The van der Waals surface area contributed by atoms with Crippen LogP contribution in [0.15, 0.2) is 24.3 Å². The van der Waals surface area contributed by atoms with Gasteiger partial charge in [-0.3, -0.25) is 0 Å². The fourth-order valence-corrected chi connectivity index (χ4v) is 1.81. The number of hydrogen-bond donors (Lipinski definition) is 1. The predicted octanol–water partition coefficient (Wildman–Crippen LogP) is 2.16. The summed E-state index contributed by atoms with van der Waals surface area (Å²) >= 11 is 0. The van der Waals surface area contributed by atoms with Gasteiger partial charge >= 0.3 is 0 Å². The molecular weight excluding hydrogens is 212 g/mol. The highest BCUT2D eigenvalue weighted by molar-refractivity contribution is 5.36. The molecule has 17 heavy (non-hydrogen) atoms. The van der Waals surface area contributed by atoms with Gasteiger partial charge in [0.1, 0.15) is 11.6 Å². The molecule has 1 heterocycles. The Morgan fingerprint density at radius 1 is 1.35 bits per heavy atom. The first-order chi connectivity index (χ1) is 8.11. The molecule has 4 nitrogen and oxygen atoms in total. The average Bonchev–Trinajstić information content (AvgIpc) is 2.72. The van der Waals surface area contributed by atoms with Gasteiger partial charge in [0.2, 0.25) is 0 Å². The Bertz CT molecular complexity index is 514. The maximum absolute atomic E-state index is 5.65. The Balaban J connectivity index is 2.51. The first kappa shape index (κ1) is 11.8. The van der Waals surface area contributed by atoms with Gasteiger partial charge in [0.25, 0.3) is 0 Å². The van der Waals surface area contributed by atoms with Crippen LogP contribution in [0, 0.1) is 6.92 Å². The molecule has 0 spiro atoms. The molecule has 0 amide bonds. The van der Waals surface area contributed by atoms with Crippen molar-refractivity contribution >= 4 is 0 Å². The van der Waals surface area contributed by atoms with Gasteiger partial charge in [-0.1, -0.05) is 26.0 Å². The Hall–Kier alpha value is -1.68. The SMILES string of the molecule is Cc1nc(C(C)C)n(-c2cccc(CN)c2)n1. The number of rotatable bonds is 3. The van der Waals surface area contributed by atoms with Crippen LogP contribution in [0.25, 0.3) is 5.69 Å². The van der Waals surface area contributed by atoms with E-state index in [4.69, 9.17) is 5.73 Å². The molecule has 0 bridgehead atoms. The summed E-state index contributed by atoms with van der Waals surface area (Å²) in [5, 5.41) is 4.44. The summed E-state index contributed by atoms with van der Waals surface area (Å²) in [4.78, 5) is 4.46. The minimum atomic E-state index is 0.345. The molecule has 0 atom stereocenters. The van der Waals surface area contributed by atoms with E-state index in [1.54, 1.807) is 0 Å². The van der Waals surface area contributed by atoms with E-state index in [0.717, 1.165) is 22.9 Å². The average molecular weight is 230 g/mol. The van der Waals surface area contributed by atoms with E-state index in [9.17, 15) is 0 Å². The summed E-state index contributed by atoms with van der Waals surface area (Å²) in [6.07, 6.45) is 0.